The number of methoxy groups -OCH3 is 1. The van der Waals surface area contributed by atoms with Gasteiger partial charge in [-0.3, -0.25) is 4.98 Å². The third kappa shape index (κ3) is 2.81. The van der Waals surface area contributed by atoms with Gasteiger partial charge in [-0.05, 0) is 36.4 Å². The molecule has 0 bridgehead atoms. The summed E-state index contributed by atoms with van der Waals surface area (Å²) < 4.78 is 10.2. The van der Waals surface area contributed by atoms with Gasteiger partial charge >= 0.3 is 5.97 Å². The van der Waals surface area contributed by atoms with E-state index in [2.05, 4.69) is 4.98 Å². The molecule has 4 heteroatoms. The fourth-order valence-corrected chi connectivity index (χ4v) is 1.30. The minimum Gasteiger partial charge on any atom is -0.497 e. The standard InChI is InChI=1S/C13H11NO3/c1-16-11-4-2-10(3-5-11)13(15)17-12-6-8-14-9-7-12/h2-9H,1H3. The fraction of sp³-hybridized carbons (Fsp3) is 0.0769. The third-order valence-corrected chi connectivity index (χ3v) is 2.19. The second kappa shape index (κ2) is 5.12. The van der Waals surface area contributed by atoms with Crippen LogP contribution in [-0.2, 0) is 0 Å². The first-order valence-corrected chi connectivity index (χ1v) is 5.06. The van der Waals surface area contributed by atoms with Gasteiger partial charge in [0.2, 0.25) is 0 Å². The maximum Gasteiger partial charge on any atom is 0.343 e. The number of hydrogen-bond donors (Lipinski definition) is 0. The van der Waals surface area contributed by atoms with Gasteiger partial charge in [0, 0.05) is 12.4 Å². The van der Waals surface area contributed by atoms with E-state index >= 15 is 0 Å². The van der Waals surface area contributed by atoms with E-state index in [9.17, 15) is 4.79 Å². The van der Waals surface area contributed by atoms with Crippen molar-refractivity contribution in [3.05, 3.63) is 54.4 Å². The maximum absolute atomic E-state index is 11.7. The zero-order chi connectivity index (χ0) is 12.1. The molecular weight excluding hydrogens is 218 g/mol. The molecule has 0 radical (unpaired) electrons. The molecular formula is C13H11NO3. The quantitative estimate of drug-likeness (QED) is 0.758. The molecule has 0 unspecified atom stereocenters. The number of pyridine rings is 1. The molecule has 0 spiro atoms. The highest BCUT2D eigenvalue weighted by Gasteiger charge is 2.08. The molecule has 17 heavy (non-hydrogen) atoms. The number of ether oxygens (including phenoxy) is 2. The number of esters is 1. The van der Waals surface area contributed by atoms with E-state index in [-0.39, 0.29) is 0 Å². The first kappa shape index (κ1) is 11.1. The monoisotopic (exact) mass is 229 g/mol. The van der Waals surface area contributed by atoms with E-state index in [1.165, 1.54) is 0 Å². The summed E-state index contributed by atoms with van der Waals surface area (Å²) in [6.45, 7) is 0. The van der Waals surface area contributed by atoms with Gasteiger partial charge in [0.25, 0.3) is 0 Å². The number of carbonyl (C=O) groups is 1. The Morgan fingerprint density at radius 1 is 1.00 bits per heavy atom. The average Bonchev–Trinajstić information content (AvgIpc) is 2.40. The highest BCUT2D eigenvalue weighted by atomic mass is 16.5. The summed E-state index contributed by atoms with van der Waals surface area (Å²) in [6, 6.07) is 9.99. The molecule has 0 fully saturated rings. The molecule has 0 N–H and O–H groups in total. The predicted octanol–water partition coefficient (Wildman–Crippen LogP) is 2.31. The van der Waals surface area contributed by atoms with Gasteiger partial charge in [-0.1, -0.05) is 0 Å². The van der Waals surface area contributed by atoms with E-state index in [0.717, 1.165) is 0 Å². The summed E-state index contributed by atoms with van der Waals surface area (Å²) in [4.78, 5) is 15.6. The Balaban J connectivity index is 2.09. The molecule has 2 rings (SSSR count). The molecule has 4 nitrogen and oxygen atoms in total. The van der Waals surface area contributed by atoms with Gasteiger partial charge in [0.1, 0.15) is 11.5 Å². The molecule has 0 amide bonds. The predicted molar refractivity (Wildman–Crippen MR) is 62.2 cm³/mol. The number of hydrogen-bond acceptors (Lipinski definition) is 4. The lowest BCUT2D eigenvalue weighted by Crippen LogP contribution is -2.08. The highest BCUT2D eigenvalue weighted by molar-refractivity contribution is 5.91. The zero-order valence-corrected chi connectivity index (χ0v) is 9.29. The van der Waals surface area contributed by atoms with Gasteiger partial charge in [-0.15, -0.1) is 0 Å². The normalized spacial score (nSPS) is 9.71. The van der Waals surface area contributed by atoms with Crippen molar-refractivity contribution in [3.63, 3.8) is 0 Å². The Labute approximate surface area is 98.8 Å². The molecule has 1 heterocycles. The van der Waals surface area contributed by atoms with Crippen LogP contribution in [0.4, 0.5) is 0 Å². The smallest absolute Gasteiger partial charge is 0.343 e. The molecule has 0 saturated carbocycles. The minimum absolute atomic E-state index is 0.404. The lowest BCUT2D eigenvalue weighted by atomic mass is 10.2. The topological polar surface area (TPSA) is 48.4 Å². The number of carbonyl (C=O) groups excluding carboxylic acids is 1. The Bertz CT molecular complexity index is 494. The van der Waals surface area contributed by atoms with Crippen LogP contribution in [0.2, 0.25) is 0 Å². The van der Waals surface area contributed by atoms with E-state index < -0.39 is 5.97 Å². The number of nitrogens with zero attached hydrogens (tertiary/aromatic N) is 1. The lowest BCUT2D eigenvalue weighted by Gasteiger charge is -2.04. The Hall–Kier alpha value is -2.36. The minimum atomic E-state index is -0.404. The third-order valence-electron chi connectivity index (χ3n) is 2.19. The molecule has 0 aliphatic heterocycles. The van der Waals surface area contributed by atoms with Crippen LogP contribution < -0.4 is 9.47 Å². The van der Waals surface area contributed by atoms with Crippen molar-refractivity contribution in [1.82, 2.24) is 4.98 Å². The summed E-state index contributed by atoms with van der Waals surface area (Å²) >= 11 is 0. The largest absolute Gasteiger partial charge is 0.497 e. The van der Waals surface area contributed by atoms with Gasteiger partial charge < -0.3 is 9.47 Å². The van der Waals surface area contributed by atoms with Crippen LogP contribution >= 0.6 is 0 Å². The molecule has 0 aliphatic carbocycles. The number of benzene rings is 1. The Morgan fingerprint density at radius 2 is 1.65 bits per heavy atom. The van der Waals surface area contributed by atoms with E-state index in [0.29, 0.717) is 17.1 Å². The van der Waals surface area contributed by atoms with Crippen LogP contribution in [-0.4, -0.2) is 18.1 Å². The molecule has 86 valence electrons. The van der Waals surface area contributed by atoms with Gasteiger partial charge in [0.15, 0.2) is 0 Å². The maximum atomic E-state index is 11.7. The molecule has 0 atom stereocenters. The van der Waals surface area contributed by atoms with Crippen LogP contribution in [0.15, 0.2) is 48.8 Å². The van der Waals surface area contributed by atoms with Crippen LogP contribution in [0, 0.1) is 0 Å². The summed E-state index contributed by atoms with van der Waals surface area (Å²) in [5.41, 5.74) is 0.475. The van der Waals surface area contributed by atoms with Crippen molar-refractivity contribution in [2.45, 2.75) is 0 Å². The van der Waals surface area contributed by atoms with Crippen molar-refractivity contribution in [3.8, 4) is 11.5 Å². The molecule has 2 aromatic rings. The molecule has 0 saturated heterocycles. The van der Waals surface area contributed by atoms with Crippen molar-refractivity contribution in [1.29, 1.82) is 0 Å². The first-order chi connectivity index (χ1) is 8.29. The van der Waals surface area contributed by atoms with Crippen molar-refractivity contribution in [2.24, 2.45) is 0 Å². The van der Waals surface area contributed by atoms with E-state index in [4.69, 9.17) is 9.47 Å². The van der Waals surface area contributed by atoms with Gasteiger partial charge in [0.05, 0.1) is 12.7 Å². The second-order valence-electron chi connectivity index (χ2n) is 3.30. The zero-order valence-electron chi connectivity index (χ0n) is 9.29. The summed E-state index contributed by atoms with van der Waals surface area (Å²) in [5.74, 6) is 0.769. The van der Waals surface area contributed by atoms with Crippen LogP contribution in [0.3, 0.4) is 0 Å². The van der Waals surface area contributed by atoms with E-state index in [1.807, 2.05) is 0 Å². The van der Waals surface area contributed by atoms with Crippen LogP contribution in [0.25, 0.3) is 0 Å². The Morgan fingerprint density at radius 3 is 2.24 bits per heavy atom. The van der Waals surface area contributed by atoms with Crippen LogP contribution in [0.5, 0.6) is 11.5 Å². The molecule has 0 aliphatic rings. The number of aromatic nitrogens is 1. The SMILES string of the molecule is COc1ccc(C(=O)Oc2ccncc2)cc1. The Kier molecular flexibility index (Phi) is 3.35. The molecule has 1 aromatic carbocycles. The number of rotatable bonds is 3. The lowest BCUT2D eigenvalue weighted by molar-refractivity contribution is 0.0734. The summed E-state index contributed by atoms with van der Waals surface area (Å²) in [6.07, 6.45) is 3.13. The van der Waals surface area contributed by atoms with Crippen molar-refractivity contribution in [2.75, 3.05) is 7.11 Å². The van der Waals surface area contributed by atoms with E-state index in [1.54, 1.807) is 55.9 Å². The van der Waals surface area contributed by atoms with Gasteiger partial charge in [-0.25, -0.2) is 4.79 Å². The van der Waals surface area contributed by atoms with Crippen molar-refractivity contribution >= 4 is 5.97 Å². The highest BCUT2D eigenvalue weighted by Crippen LogP contribution is 2.14. The van der Waals surface area contributed by atoms with Crippen LogP contribution in [0.1, 0.15) is 10.4 Å². The average molecular weight is 229 g/mol. The first-order valence-electron chi connectivity index (χ1n) is 5.06. The fourth-order valence-electron chi connectivity index (χ4n) is 1.30. The van der Waals surface area contributed by atoms with Gasteiger partial charge in [-0.2, -0.15) is 0 Å². The van der Waals surface area contributed by atoms with Crippen molar-refractivity contribution < 1.29 is 14.3 Å². The summed E-state index contributed by atoms with van der Waals surface area (Å²) in [5, 5.41) is 0. The summed E-state index contributed by atoms with van der Waals surface area (Å²) in [7, 11) is 1.57. The second-order valence-corrected chi connectivity index (χ2v) is 3.30. The molecule has 1 aromatic heterocycles.